The lowest BCUT2D eigenvalue weighted by atomic mass is 9.90. The summed E-state index contributed by atoms with van der Waals surface area (Å²) in [6.07, 6.45) is 3.20. The van der Waals surface area contributed by atoms with E-state index < -0.39 is 0 Å². The zero-order valence-electron chi connectivity index (χ0n) is 10.0. The molecule has 1 rings (SSSR count). The van der Waals surface area contributed by atoms with Crippen LogP contribution in [0.4, 0.5) is 0 Å². The van der Waals surface area contributed by atoms with Crippen LogP contribution < -0.4 is 0 Å². The van der Waals surface area contributed by atoms with Crippen LogP contribution >= 0.6 is 0 Å². The van der Waals surface area contributed by atoms with Gasteiger partial charge >= 0.3 is 0 Å². The van der Waals surface area contributed by atoms with Crippen molar-refractivity contribution in [3.8, 4) is 5.75 Å². The molecule has 82 valence electrons. The Bertz CT molecular complexity index is 364. The summed E-state index contributed by atoms with van der Waals surface area (Å²) in [6.45, 7) is 8.52. The summed E-state index contributed by atoms with van der Waals surface area (Å²) in [4.78, 5) is 0. The highest BCUT2D eigenvalue weighted by Crippen LogP contribution is 2.30. The number of aromatic hydroxyl groups is 1. The monoisotopic (exact) mass is 204 g/mol. The maximum absolute atomic E-state index is 9.51. The van der Waals surface area contributed by atoms with Gasteiger partial charge in [0.05, 0.1) is 0 Å². The Labute approximate surface area is 92.5 Å². The largest absolute Gasteiger partial charge is 0.508 e. The smallest absolute Gasteiger partial charge is 0.116 e. The maximum Gasteiger partial charge on any atom is 0.116 e. The zero-order valence-corrected chi connectivity index (χ0v) is 10.0. The summed E-state index contributed by atoms with van der Waals surface area (Å²) in [6, 6.07) is 5.66. The van der Waals surface area contributed by atoms with Gasteiger partial charge in [-0.05, 0) is 55.0 Å². The number of hydrogen-bond acceptors (Lipinski definition) is 1. The summed E-state index contributed by atoms with van der Waals surface area (Å²) in [7, 11) is 0. The first-order chi connectivity index (χ1) is 7.10. The maximum atomic E-state index is 9.51. The van der Waals surface area contributed by atoms with Crippen LogP contribution in [0.25, 0.3) is 5.57 Å². The highest BCUT2D eigenvalue weighted by Gasteiger charge is 2.10. The van der Waals surface area contributed by atoms with E-state index in [4.69, 9.17) is 0 Å². The molecular weight excluding hydrogens is 184 g/mol. The van der Waals surface area contributed by atoms with E-state index in [1.165, 1.54) is 16.7 Å². The standard InChI is InChI=1S/C14H20O/c1-5-10(3)13-8-7-12(15)9-14(13)11(4)6-2/h6-10,15H,5H2,1-4H3. The minimum absolute atomic E-state index is 0.346. The van der Waals surface area contributed by atoms with Crippen LogP contribution in [0.15, 0.2) is 24.3 Å². The average Bonchev–Trinajstić information content (AvgIpc) is 2.26. The zero-order chi connectivity index (χ0) is 11.4. The van der Waals surface area contributed by atoms with Crippen molar-refractivity contribution in [3.05, 3.63) is 35.4 Å². The first-order valence-corrected chi connectivity index (χ1v) is 5.56. The molecule has 0 aliphatic heterocycles. The van der Waals surface area contributed by atoms with Crippen LogP contribution in [0.5, 0.6) is 5.75 Å². The molecule has 0 fully saturated rings. The minimum atomic E-state index is 0.346. The molecule has 0 aromatic heterocycles. The molecule has 1 nitrogen and oxygen atoms in total. The first kappa shape index (κ1) is 11.8. The van der Waals surface area contributed by atoms with Crippen LogP contribution in [0.1, 0.15) is 51.2 Å². The molecule has 0 saturated heterocycles. The summed E-state index contributed by atoms with van der Waals surface area (Å²) < 4.78 is 0. The lowest BCUT2D eigenvalue weighted by Gasteiger charge is -2.15. The molecule has 1 aromatic carbocycles. The van der Waals surface area contributed by atoms with Gasteiger partial charge in [0.15, 0.2) is 0 Å². The predicted molar refractivity (Wildman–Crippen MR) is 66.1 cm³/mol. The van der Waals surface area contributed by atoms with Crippen LogP contribution in [0.3, 0.4) is 0 Å². The fraction of sp³-hybridized carbons (Fsp3) is 0.429. The van der Waals surface area contributed by atoms with Crippen LogP contribution in [-0.4, -0.2) is 5.11 Å². The predicted octanol–water partition coefficient (Wildman–Crippen LogP) is 4.33. The van der Waals surface area contributed by atoms with Gasteiger partial charge in [0.2, 0.25) is 0 Å². The van der Waals surface area contributed by atoms with Gasteiger partial charge in [0.25, 0.3) is 0 Å². The minimum Gasteiger partial charge on any atom is -0.508 e. The second kappa shape index (κ2) is 5.01. The molecule has 1 heteroatoms. The average molecular weight is 204 g/mol. The number of hydrogen-bond donors (Lipinski definition) is 1. The third kappa shape index (κ3) is 2.62. The van der Waals surface area contributed by atoms with Gasteiger partial charge in [0, 0.05) is 0 Å². The van der Waals surface area contributed by atoms with Crippen molar-refractivity contribution in [2.45, 2.75) is 40.0 Å². The number of benzene rings is 1. The molecule has 0 saturated carbocycles. The molecule has 0 aliphatic rings. The van der Waals surface area contributed by atoms with E-state index in [9.17, 15) is 5.11 Å². The van der Waals surface area contributed by atoms with E-state index in [1.54, 1.807) is 6.07 Å². The van der Waals surface area contributed by atoms with Gasteiger partial charge in [0.1, 0.15) is 5.75 Å². The Balaban J connectivity index is 3.26. The Kier molecular flexibility index (Phi) is 3.96. The van der Waals surface area contributed by atoms with Crippen LogP contribution in [0, 0.1) is 0 Å². The third-order valence-corrected chi connectivity index (χ3v) is 3.04. The van der Waals surface area contributed by atoms with Crippen LogP contribution in [-0.2, 0) is 0 Å². The van der Waals surface area contributed by atoms with Crippen molar-refractivity contribution in [2.24, 2.45) is 0 Å². The topological polar surface area (TPSA) is 20.2 Å². The van der Waals surface area contributed by atoms with Gasteiger partial charge in [-0.2, -0.15) is 0 Å². The molecule has 15 heavy (non-hydrogen) atoms. The number of allylic oxidation sites excluding steroid dienone is 2. The lowest BCUT2D eigenvalue weighted by Crippen LogP contribution is -1.96. The van der Waals surface area contributed by atoms with Crippen molar-refractivity contribution >= 4 is 5.57 Å². The molecule has 0 radical (unpaired) electrons. The van der Waals surface area contributed by atoms with Gasteiger partial charge < -0.3 is 5.11 Å². The number of phenols is 1. The molecule has 1 atom stereocenters. The van der Waals surface area contributed by atoms with E-state index in [0.29, 0.717) is 11.7 Å². The summed E-state index contributed by atoms with van der Waals surface area (Å²) in [5.74, 6) is 0.883. The van der Waals surface area contributed by atoms with E-state index in [-0.39, 0.29) is 0 Å². The van der Waals surface area contributed by atoms with Crippen molar-refractivity contribution in [2.75, 3.05) is 0 Å². The molecule has 0 amide bonds. The van der Waals surface area contributed by atoms with Crippen molar-refractivity contribution < 1.29 is 5.11 Å². The highest BCUT2D eigenvalue weighted by molar-refractivity contribution is 5.68. The van der Waals surface area contributed by atoms with Crippen molar-refractivity contribution in [3.63, 3.8) is 0 Å². The fourth-order valence-electron chi connectivity index (χ4n) is 1.69. The number of rotatable bonds is 3. The molecule has 1 aromatic rings. The quantitative estimate of drug-likeness (QED) is 0.777. The third-order valence-electron chi connectivity index (χ3n) is 3.04. The van der Waals surface area contributed by atoms with Crippen molar-refractivity contribution in [1.82, 2.24) is 0 Å². The van der Waals surface area contributed by atoms with E-state index in [1.807, 2.05) is 19.1 Å². The van der Waals surface area contributed by atoms with Gasteiger partial charge in [-0.15, -0.1) is 0 Å². The molecule has 1 N–H and O–H groups in total. The molecule has 0 bridgehead atoms. The SMILES string of the molecule is CC=C(C)c1cc(O)ccc1C(C)CC. The summed E-state index contributed by atoms with van der Waals surface area (Å²) in [5, 5.41) is 9.51. The van der Waals surface area contributed by atoms with Gasteiger partial charge in [-0.25, -0.2) is 0 Å². The van der Waals surface area contributed by atoms with E-state index >= 15 is 0 Å². The second-order valence-electron chi connectivity index (χ2n) is 4.05. The molecular formula is C14H20O. The van der Waals surface area contributed by atoms with E-state index in [0.717, 1.165) is 6.42 Å². The first-order valence-electron chi connectivity index (χ1n) is 5.56. The Morgan fingerprint density at radius 1 is 1.47 bits per heavy atom. The van der Waals surface area contributed by atoms with Crippen LogP contribution in [0.2, 0.25) is 0 Å². The molecule has 0 aliphatic carbocycles. The highest BCUT2D eigenvalue weighted by atomic mass is 16.3. The Morgan fingerprint density at radius 3 is 2.67 bits per heavy atom. The molecule has 1 unspecified atom stereocenters. The summed E-state index contributed by atoms with van der Waals surface area (Å²) >= 11 is 0. The number of phenolic OH excluding ortho intramolecular Hbond substituents is 1. The second-order valence-corrected chi connectivity index (χ2v) is 4.05. The van der Waals surface area contributed by atoms with E-state index in [2.05, 4.69) is 26.8 Å². The van der Waals surface area contributed by atoms with Gasteiger partial charge in [-0.1, -0.05) is 26.0 Å². The molecule has 0 spiro atoms. The fourth-order valence-corrected chi connectivity index (χ4v) is 1.69. The van der Waals surface area contributed by atoms with Crippen molar-refractivity contribution in [1.29, 1.82) is 0 Å². The lowest BCUT2D eigenvalue weighted by molar-refractivity contribution is 0.474. The normalized spacial score (nSPS) is 14.0. The Hall–Kier alpha value is -1.24. The summed E-state index contributed by atoms with van der Waals surface area (Å²) in [5.41, 5.74) is 3.72. The van der Waals surface area contributed by atoms with Gasteiger partial charge in [-0.3, -0.25) is 0 Å². The Morgan fingerprint density at radius 2 is 2.13 bits per heavy atom. The molecule has 0 heterocycles.